The van der Waals surface area contributed by atoms with Crippen molar-refractivity contribution >= 4 is 15.7 Å². The van der Waals surface area contributed by atoms with Gasteiger partial charge in [-0.05, 0) is 42.9 Å². The summed E-state index contributed by atoms with van der Waals surface area (Å²) in [7, 11) is -3.17. The van der Waals surface area contributed by atoms with Gasteiger partial charge in [0.25, 0.3) is 0 Å². The van der Waals surface area contributed by atoms with Gasteiger partial charge in [0, 0.05) is 18.8 Å². The van der Waals surface area contributed by atoms with Crippen LogP contribution in [0.4, 0.5) is 0 Å². The van der Waals surface area contributed by atoms with Crippen LogP contribution in [0.2, 0.25) is 0 Å². The molecule has 5 nitrogen and oxygen atoms in total. The van der Waals surface area contributed by atoms with E-state index >= 15 is 0 Å². The van der Waals surface area contributed by atoms with E-state index in [-0.39, 0.29) is 11.9 Å². The van der Waals surface area contributed by atoms with Crippen LogP contribution in [0.1, 0.15) is 37.7 Å². The average molecular weight is 336 g/mol. The molecule has 0 radical (unpaired) electrons. The van der Waals surface area contributed by atoms with Crippen molar-refractivity contribution in [3.63, 3.8) is 0 Å². The minimum atomic E-state index is -3.17. The molecule has 3 unspecified atom stereocenters. The van der Waals surface area contributed by atoms with Gasteiger partial charge in [-0.25, -0.2) is 8.42 Å². The maximum absolute atomic E-state index is 12.3. The van der Waals surface area contributed by atoms with E-state index < -0.39 is 9.84 Å². The second kappa shape index (κ2) is 6.61. The Balaban J connectivity index is 1.53. The molecule has 1 saturated heterocycles. The molecule has 2 fully saturated rings. The van der Waals surface area contributed by atoms with Gasteiger partial charge in [-0.2, -0.15) is 0 Å². The summed E-state index contributed by atoms with van der Waals surface area (Å²) in [4.78, 5) is 12.6. The molecular weight excluding hydrogens is 312 g/mol. The average Bonchev–Trinajstić information content (AvgIpc) is 2.96. The number of nitrogens with one attached hydrogen (secondary N) is 2. The summed E-state index contributed by atoms with van der Waals surface area (Å²) in [5, 5.41) is 6.42. The van der Waals surface area contributed by atoms with Crippen molar-refractivity contribution in [3.05, 3.63) is 29.8 Å². The summed E-state index contributed by atoms with van der Waals surface area (Å²) in [5.74, 6) is 0.695. The lowest BCUT2D eigenvalue weighted by molar-refractivity contribution is -0.123. The van der Waals surface area contributed by atoms with E-state index in [2.05, 4.69) is 10.6 Å². The molecule has 2 aliphatic rings. The van der Waals surface area contributed by atoms with Crippen molar-refractivity contribution in [1.82, 2.24) is 10.6 Å². The molecule has 1 heterocycles. The second-order valence-corrected chi connectivity index (χ2v) is 8.76. The number of amides is 1. The highest BCUT2D eigenvalue weighted by Crippen LogP contribution is 2.33. The van der Waals surface area contributed by atoms with Gasteiger partial charge in [-0.3, -0.25) is 4.79 Å². The molecule has 0 bridgehead atoms. The zero-order valence-electron chi connectivity index (χ0n) is 13.4. The summed E-state index contributed by atoms with van der Waals surface area (Å²) in [6.45, 7) is 0.427. The van der Waals surface area contributed by atoms with Gasteiger partial charge in [0.2, 0.25) is 5.91 Å². The molecule has 1 aliphatic carbocycles. The van der Waals surface area contributed by atoms with Crippen molar-refractivity contribution in [2.45, 2.75) is 55.6 Å². The fraction of sp³-hybridized carbons (Fsp3) is 0.588. The van der Waals surface area contributed by atoms with E-state index in [1.54, 1.807) is 24.3 Å². The number of hydrogen-bond acceptors (Lipinski definition) is 4. The van der Waals surface area contributed by atoms with Gasteiger partial charge in [0.05, 0.1) is 10.9 Å². The Morgan fingerprint density at radius 3 is 2.57 bits per heavy atom. The Hall–Kier alpha value is -1.40. The third-order valence-corrected chi connectivity index (χ3v) is 6.13. The van der Waals surface area contributed by atoms with Crippen LogP contribution in [0.25, 0.3) is 0 Å². The lowest BCUT2D eigenvalue weighted by Crippen LogP contribution is -2.42. The third-order valence-electron chi connectivity index (χ3n) is 5.00. The van der Waals surface area contributed by atoms with Crippen LogP contribution in [0.5, 0.6) is 0 Å². The van der Waals surface area contributed by atoms with Crippen LogP contribution in [0.3, 0.4) is 0 Å². The first-order valence-electron chi connectivity index (χ1n) is 8.26. The molecule has 1 aliphatic heterocycles. The predicted molar refractivity (Wildman–Crippen MR) is 88.7 cm³/mol. The summed E-state index contributed by atoms with van der Waals surface area (Å²) in [5.41, 5.74) is 0.904. The van der Waals surface area contributed by atoms with Crippen molar-refractivity contribution < 1.29 is 13.2 Å². The lowest BCUT2D eigenvalue weighted by atomic mass is 9.85. The topological polar surface area (TPSA) is 75.3 Å². The van der Waals surface area contributed by atoms with E-state index in [9.17, 15) is 13.2 Å². The molecule has 3 atom stereocenters. The van der Waals surface area contributed by atoms with E-state index in [0.29, 0.717) is 23.4 Å². The first-order chi connectivity index (χ1) is 10.9. The number of carbonyl (C=O) groups is 1. The van der Waals surface area contributed by atoms with Gasteiger partial charge in [-0.1, -0.05) is 25.0 Å². The molecule has 1 saturated carbocycles. The van der Waals surface area contributed by atoms with Gasteiger partial charge < -0.3 is 10.6 Å². The van der Waals surface area contributed by atoms with Crippen molar-refractivity contribution in [3.8, 4) is 0 Å². The number of sulfone groups is 1. The zero-order valence-corrected chi connectivity index (χ0v) is 14.2. The molecule has 126 valence electrons. The summed E-state index contributed by atoms with van der Waals surface area (Å²) in [6, 6.07) is 7.09. The second-order valence-electron chi connectivity index (χ2n) is 6.74. The highest BCUT2D eigenvalue weighted by atomic mass is 32.2. The molecule has 23 heavy (non-hydrogen) atoms. The van der Waals surface area contributed by atoms with Crippen LogP contribution < -0.4 is 10.6 Å². The molecule has 6 heteroatoms. The Kier molecular flexibility index (Phi) is 4.73. The largest absolute Gasteiger partial charge is 0.351 e. The number of fused-ring (bicyclic) bond motifs is 1. The molecule has 0 spiro atoms. The zero-order chi connectivity index (χ0) is 16.4. The van der Waals surface area contributed by atoms with E-state index in [1.165, 1.54) is 31.9 Å². The first-order valence-corrected chi connectivity index (χ1v) is 10.2. The molecule has 1 amide bonds. The standard InChI is InChI=1S/C17H24N2O3S/c1-23(21,22)14-8-6-12(7-9-14)11-18-17(20)16-10-13-4-2-3-5-15(13)19-16/h6-9,13,15-16,19H,2-5,10-11H2,1H3,(H,18,20). The maximum atomic E-state index is 12.3. The maximum Gasteiger partial charge on any atom is 0.237 e. The van der Waals surface area contributed by atoms with Gasteiger partial charge >= 0.3 is 0 Å². The Bertz CT molecular complexity index is 656. The number of carbonyl (C=O) groups excluding carboxylic acids is 1. The molecule has 0 aromatic heterocycles. The Morgan fingerprint density at radius 2 is 1.91 bits per heavy atom. The quantitative estimate of drug-likeness (QED) is 0.876. The highest BCUT2D eigenvalue weighted by molar-refractivity contribution is 7.90. The Morgan fingerprint density at radius 1 is 1.22 bits per heavy atom. The SMILES string of the molecule is CS(=O)(=O)c1ccc(CNC(=O)C2CC3CCCCC3N2)cc1. The third kappa shape index (κ3) is 3.93. The van der Waals surface area contributed by atoms with Gasteiger partial charge in [-0.15, -0.1) is 0 Å². The van der Waals surface area contributed by atoms with Crippen molar-refractivity contribution in [2.24, 2.45) is 5.92 Å². The number of benzene rings is 1. The predicted octanol–water partition coefficient (Wildman–Crippen LogP) is 1.63. The monoisotopic (exact) mass is 336 g/mol. The van der Waals surface area contributed by atoms with E-state index in [1.807, 2.05) is 0 Å². The smallest absolute Gasteiger partial charge is 0.237 e. The number of hydrogen-bond donors (Lipinski definition) is 2. The molecule has 2 N–H and O–H groups in total. The van der Waals surface area contributed by atoms with Crippen LogP contribution in [0.15, 0.2) is 29.2 Å². The minimum absolute atomic E-state index is 0.0478. The molecular formula is C17H24N2O3S. The van der Waals surface area contributed by atoms with Crippen LogP contribution in [-0.2, 0) is 21.2 Å². The summed E-state index contributed by atoms with van der Waals surface area (Å²) in [6.07, 6.45) is 7.08. The lowest BCUT2D eigenvalue weighted by Gasteiger charge is -2.24. The van der Waals surface area contributed by atoms with Crippen LogP contribution in [-0.4, -0.2) is 32.7 Å². The fourth-order valence-electron chi connectivity index (χ4n) is 3.69. The molecule has 1 aromatic carbocycles. The number of rotatable bonds is 4. The fourth-order valence-corrected chi connectivity index (χ4v) is 4.32. The minimum Gasteiger partial charge on any atom is -0.351 e. The van der Waals surface area contributed by atoms with Crippen LogP contribution in [0, 0.1) is 5.92 Å². The summed E-state index contributed by atoms with van der Waals surface area (Å²) < 4.78 is 22.9. The molecule has 1 aromatic rings. The van der Waals surface area contributed by atoms with E-state index in [4.69, 9.17) is 0 Å². The Labute approximate surface area is 137 Å². The highest BCUT2D eigenvalue weighted by Gasteiger charge is 2.37. The van der Waals surface area contributed by atoms with Crippen molar-refractivity contribution in [1.29, 1.82) is 0 Å². The van der Waals surface area contributed by atoms with Crippen LogP contribution >= 0.6 is 0 Å². The normalized spacial score (nSPS) is 27.4. The van der Waals surface area contributed by atoms with Gasteiger partial charge in [0.15, 0.2) is 9.84 Å². The van der Waals surface area contributed by atoms with E-state index in [0.717, 1.165) is 12.0 Å². The first kappa shape index (κ1) is 16.5. The molecule has 3 rings (SSSR count). The van der Waals surface area contributed by atoms with Crippen molar-refractivity contribution in [2.75, 3.05) is 6.26 Å². The van der Waals surface area contributed by atoms with Gasteiger partial charge in [0.1, 0.15) is 0 Å². The summed E-state index contributed by atoms with van der Waals surface area (Å²) >= 11 is 0.